The fourth-order valence-corrected chi connectivity index (χ4v) is 4.78. The summed E-state index contributed by atoms with van der Waals surface area (Å²) in [5, 5.41) is -0.239. The van der Waals surface area contributed by atoms with Gasteiger partial charge in [-0.05, 0) is 49.6 Å². The topological polar surface area (TPSA) is 34.5 Å². The zero-order valence-corrected chi connectivity index (χ0v) is 20.3. The van der Waals surface area contributed by atoms with E-state index in [1.54, 1.807) is 30.3 Å². The van der Waals surface area contributed by atoms with Crippen LogP contribution in [0.5, 0.6) is 0 Å². The molecule has 0 radical (unpaired) electrons. The van der Waals surface area contributed by atoms with Crippen LogP contribution in [-0.4, -0.2) is 40.7 Å². The normalized spacial score (nSPS) is 15.9. The Balaban J connectivity index is 1.99. The Morgan fingerprint density at radius 3 is 2.43 bits per heavy atom. The van der Waals surface area contributed by atoms with E-state index in [0.29, 0.717) is 5.56 Å². The van der Waals surface area contributed by atoms with Crippen LogP contribution in [0.3, 0.4) is 0 Å². The van der Waals surface area contributed by atoms with Crippen molar-refractivity contribution in [2.75, 3.05) is 19.7 Å². The van der Waals surface area contributed by atoms with Gasteiger partial charge in [-0.2, -0.15) is 13.2 Å². The number of ether oxygens (including phenoxy) is 1. The quantitative estimate of drug-likeness (QED) is 0.373. The van der Waals surface area contributed by atoms with Gasteiger partial charge in [-0.1, -0.05) is 48.0 Å². The van der Waals surface area contributed by atoms with E-state index >= 15 is 0 Å². The number of rotatable bonds is 4. The Morgan fingerprint density at radius 1 is 1.14 bits per heavy atom. The van der Waals surface area contributed by atoms with E-state index in [2.05, 4.69) is 0 Å². The van der Waals surface area contributed by atoms with Crippen molar-refractivity contribution in [3.05, 3.63) is 81.9 Å². The summed E-state index contributed by atoms with van der Waals surface area (Å²) in [4.78, 5) is 15.4. The van der Waals surface area contributed by atoms with Crippen molar-refractivity contribution in [2.24, 2.45) is 0 Å². The first-order valence-corrected chi connectivity index (χ1v) is 11.5. The Bertz CT molecular complexity index is 1250. The van der Waals surface area contributed by atoms with Crippen molar-refractivity contribution >= 4 is 17.5 Å². The summed E-state index contributed by atoms with van der Waals surface area (Å²) in [5.41, 5.74) is -0.871. The molecule has 1 aliphatic heterocycles. The molecule has 9 heteroatoms. The lowest BCUT2D eigenvalue weighted by Crippen LogP contribution is -2.51. The highest BCUT2D eigenvalue weighted by Gasteiger charge is 2.42. The zero-order valence-electron chi connectivity index (χ0n) is 19.5. The lowest BCUT2D eigenvalue weighted by molar-refractivity contribution is -0.143. The van der Waals surface area contributed by atoms with Gasteiger partial charge < -0.3 is 14.2 Å². The number of carbonyl (C=O) groups excluding carboxylic acids is 1. The number of morpholine rings is 1. The van der Waals surface area contributed by atoms with Gasteiger partial charge in [-0.25, -0.2) is 4.39 Å². The molecule has 0 spiro atoms. The van der Waals surface area contributed by atoms with E-state index in [0.717, 1.165) is 10.6 Å². The Kier molecular flexibility index (Phi) is 6.72. The fourth-order valence-electron chi connectivity index (χ4n) is 4.60. The summed E-state index contributed by atoms with van der Waals surface area (Å²) in [6, 6.07) is 12.3. The van der Waals surface area contributed by atoms with E-state index in [-0.39, 0.29) is 53.6 Å². The molecule has 0 unspecified atom stereocenters. The molecule has 0 saturated carbocycles. The molecule has 0 aliphatic carbocycles. The molecule has 1 aromatic heterocycles. The second-order valence-corrected chi connectivity index (χ2v) is 9.64. The smallest absolute Gasteiger partial charge is 0.372 e. The third-order valence-corrected chi connectivity index (χ3v) is 6.37. The largest absolute Gasteiger partial charge is 0.431 e. The van der Waals surface area contributed by atoms with E-state index in [1.165, 1.54) is 24.0 Å². The van der Waals surface area contributed by atoms with Crippen LogP contribution in [0.4, 0.5) is 17.6 Å². The van der Waals surface area contributed by atoms with Crippen molar-refractivity contribution in [2.45, 2.75) is 39.1 Å². The molecule has 1 fully saturated rings. The summed E-state index contributed by atoms with van der Waals surface area (Å²) in [7, 11) is 0. The SMILES string of the molecule is Cc1c(-c2ccc(F)c(Cl)c2)c(C(=O)N2CCOC(C)(C)C2)n(Cc2ccccc2)c1C(F)(F)F. The van der Waals surface area contributed by atoms with Gasteiger partial charge in [0.05, 0.1) is 17.2 Å². The van der Waals surface area contributed by atoms with Gasteiger partial charge >= 0.3 is 6.18 Å². The van der Waals surface area contributed by atoms with Crippen molar-refractivity contribution in [3.63, 3.8) is 0 Å². The van der Waals surface area contributed by atoms with Crippen molar-refractivity contribution in [1.82, 2.24) is 9.47 Å². The van der Waals surface area contributed by atoms with Gasteiger partial charge in [0.2, 0.25) is 0 Å². The third-order valence-electron chi connectivity index (χ3n) is 6.08. The van der Waals surface area contributed by atoms with E-state index < -0.39 is 29.2 Å². The maximum absolute atomic E-state index is 14.4. The molecule has 1 saturated heterocycles. The van der Waals surface area contributed by atoms with Crippen LogP contribution < -0.4 is 0 Å². The number of hydrogen-bond donors (Lipinski definition) is 0. The van der Waals surface area contributed by atoms with Crippen LogP contribution in [0, 0.1) is 12.7 Å². The van der Waals surface area contributed by atoms with Crippen molar-refractivity contribution in [3.8, 4) is 11.1 Å². The Labute approximate surface area is 206 Å². The molecule has 35 heavy (non-hydrogen) atoms. The first kappa shape index (κ1) is 25.3. The van der Waals surface area contributed by atoms with Crippen molar-refractivity contribution < 1.29 is 27.1 Å². The average molecular weight is 509 g/mol. The molecule has 3 aromatic rings. The van der Waals surface area contributed by atoms with Crippen LogP contribution in [0.25, 0.3) is 11.1 Å². The maximum Gasteiger partial charge on any atom is 0.431 e. The average Bonchev–Trinajstić information content (AvgIpc) is 3.07. The summed E-state index contributed by atoms with van der Waals surface area (Å²) in [6.45, 7) is 5.53. The predicted molar refractivity (Wildman–Crippen MR) is 126 cm³/mol. The van der Waals surface area contributed by atoms with Crippen LogP contribution >= 0.6 is 11.6 Å². The minimum atomic E-state index is -4.74. The fraction of sp³-hybridized carbons (Fsp3) is 0.346. The minimum Gasteiger partial charge on any atom is -0.372 e. The summed E-state index contributed by atoms with van der Waals surface area (Å²) in [6.07, 6.45) is -4.74. The standard InChI is InChI=1S/C26H25ClF4N2O2/c1-16-21(18-9-10-20(28)19(27)13-18)22(24(34)32-11-12-35-25(2,3)15-32)33(23(16)26(29,30)31)14-17-7-5-4-6-8-17/h4-10,13H,11-12,14-15H2,1-3H3. The highest BCUT2D eigenvalue weighted by atomic mass is 35.5. The van der Waals surface area contributed by atoms with E-state index in [9.17, 15) is 22.4 Å². The molecular formula is C26H25ClF4N2O2. The van der Waals surface area contributed by atoms with Gasteiger partial charge in [0, 0.05) is 25.2 Å². The lowest BCUT2D eigenvalue weighted by Gasteiger charge is -2.38. The number of hydrogen-bond acceptors (Lipinski definition) is 2. The first-order chi connectivity index (χ1) is 16.4. The summed E-state index contributed by atoms with van der Waals surface area (Å²) < 4.78 is 64.0. The number of aromatic nitrogens is 1. The second kappa shape index (κ2) is 9.32. The van der Waals surface area contributed by atoms with Crippen molar-refractivity contribution in [1.29, 1.82) is 0 Å². The molecule has 4 rings (SSSR count). The monoisotopic (exact) mass is 508 g/mol. The van der Waals surface area contributed by atoms with Gasteiger partial charge in [-0.15, -0.1) is 0 Å². The number of carbonyl (C=O) groups is 1. The predicted octanol–water partition coefficient (Wildman–Crippen LogP) is 6.57. The van der Waals surface area contributed by atoms with Gasteiger partial charge in [0.25, 0.3) is 5.91 Å². The molecule has 186 valence electrons. The van der Waals surface area contributed by atoms with Gasteiger partial charge in [0.1, 0.15) is 17.2 Å². The molecule has 2 heterocycles. The van der Waals surface area contributed by atoms with E-state index in [1.807, 2.05) is 13.8 Å². The molecule has 0 N–H and O–H groups in total. The Morgan fingerprint density at radius 2 is 1.83 bits per heavy atom. The van der Waals surface area contributed by atoms with Crippen LogP contribution in [0.1, 0.15) is 41.2 Å². The second-order valence-electron chi connectivity index (χ2n) is 9.23. The third kappa shape index (κ3) is 5.09. The lowest BCUT2D eigenvalue weighted by atomic mass is 9.99. The minimum absolute atomic E-state index is 0.0875. The maximum atomic E-state index is 14.4. The summed E-state index contributed by atoms with van der Waals surface area (Å²) in [5.74, 6) is -1.25. The number of alkyl halides is 3. The molecule has 2 aromatic carbocycles. The Hall–Kier alpha value is -2.84. The molecule has 4 nitrogen and oxygen atoms in total. The number of nitrogens with zero attached hydrogens (tertiary/aromatic N) is 2. The van der Waals surface area contributed by atoms with E-state index in [4.69, 9.17) is 16.3 Å². The molecule has 0 atom stereocenters. The van der Waals surface area contributed by atoms with Crippen LogP contribution in [-0.2, 0) is 17.5 Å². The number of halogens is 5. The summed E-state index contributed by atoms with van der Waals surface area (Å²) >= 11 is 5.98. The zero-order chi connectivity index (χ0) is 25.5. The molecular weight excluding hydrogens is 484 g/mol. The number of benzene rings is 2. The molecule has 1 aliphatic rings. The molecule has 0 bridgehead atoms. The highest BCUT2D eigenvalue weighted by molar-refractivity contribution is 6.31. The van der Waals surface area contributed by atoms with Crippen LogP contribution in [0.15, 0.2) is 48.5 Å². The van der Waals surface area contributed by atoms with Gasteiger partial charge in [0.15, 0.2) is 0 Å². The molecule has 1 amide bonds. The van der Waals surface area contributed by atoms with Crippen LogP contribution in [0.2, 0.25) is 5.02 Å². The highest BCUT2D eigenvalue weighted by Crippen LogP contribution is 2.42. The first-order valence-electron chi connectivity index (χ1n) is 11.1. The van der Waals surface area contributed by atoms with Gasteiger partial charge in [-0.3, -0.25) is 4.79 Å². The number of amides is 1.